The number of urea groups is 1. The highest BCUT2D eigenvalue weighted by Gasteiger charge is 2.41. The molecule has 0 spiro atoms. The summed E-state index contributed by atoms with van der Waals surface area (Å²) in [6.45, 7) is 5.78. The van der Waals surface area contributed by atoms with Crippen LogP contribution < -0.4 is 15.8 Å². The van der Waals surface area contributed by atoms with E-state index in [4.69, 9.17) is 15.7 Å². The highest BCUT2D eigenvalue weighted by molar-refractivity contribution is 5.74. The first-order valence-corrected chi connectivity index (χ1v) is 10.3. The van der Waals surface area contributed by atoms with Gasteiger partial charge in [-0.25, -0.2) is 4.79 Å². The van der Waals surface area contributed by atoms with E-state index in [0.29, 0.717) is 24.3 Å². The lowest BCUT2D eigenvalue weighted by Gasteiger charge is -2.42. The van der Waals surface area contributed by atoms with E-state index >= 15 is 0 Å². The minimum Gasteiger partial charge on any atom is -0.494 e. The molecule has 0 saturated carbocycles. The first-order valence-electron chi connectivity index (χ1n) is 10.3. The number of carbonyl (C=O) groups excluding carboxylic acids is 1. The smallest absolute Gasteiger partial charge is 0.317 e. The summed E-state index contributed by atoms with van der Waals surface area (Å²) in [5.41, 5.74) is 7.00. The molecule has 1 aromatic rings. The Morgan fingerprint density at radius 2 is 2.00 bits per heavy atom. The van der Waals surface area contributed by atoms with Crippen molar-refractivity contribution in [1.29, 1.82) is 5.26 Å². The van der Waals surface area contributed by atoms with E-state index in [9.17, 15) is 4.79 Å². The number of nitrogens with two attached hydrogens (primary N) is 1. The van der Waals surface area contributed by atoms with E-state index < -0.39 is 0 Å². The number of nitrogens with zero attached hydrogens (tertiary/aromatic N) is 3. The van der Waals surface area contributed by atoms with Crippen molar-refractivity contribution in [2.24, 2.45) is 5.73 Å². The molecule has 3 N–H and O–H groups in total. The minimum atomic E-state index is 0.0435. The Bertz CT molecular complexity index is 673. The summed E-state index contributed by atoms with van der Waals surface area (Å²) in [6, 6.07) is 10.2. The largest absolute Gasteiger partial charge is 0.494 e. The zero-order valence-corrected chi connectivity index (χ0v) is 16.6. The molecular formula is C21H31N5O2. The van der Waals surface area contributed by atoms with Crippen LogP contribution in [0.5, 0.6) is 5.75 Å². The van der Waals surface area contributed by atoms with Crippen LogP contribution in [0, 0.1) is 11.3 Å². The van der Waals surface area contributed by atoms with Gasteiger partial charge in [0, 0.05) is 44.3 Å². The molecule has 3 rings (SSSR count). The third-order valence-electron chi connectivity index (χ3n) is 5.63. The fraction of sp³-hybridized carbons (Fsp3) is 0.619. The molecule has 2 amide bonds. The molecule has 2 fully saturated rings. The van der Waals surface area contributed by atoms with Crippen LogP contribution in [0.2, 0.25) is 0 Å². The van der Waals surface area contributed by atoms with E-state index in [1.54, 1.807) is 12.1 Å². The van der Waals surface area contributed by atoms with Crippen molar-refractivity contribution in [2.45, 2.75) is 50.7 Å². The minimum absolute atomic E-state index is 0.0435. The summed E-state index contributed by atoms with van der Waals surface area (Å²) < 4.78 is 5.75. The van der Waals surface area contributed by atoms with Gasteiger partial charge in [0.25, 0.3) is 0 Å². The lowest BCUT2D eigenvalue weighted by molar-refractivity contribution is 0.0759. The van der Waals surface area contributed by atoms with Crippen LogP contribution in [-0.2, 0) is 0 Å². The maximum atomic E-state index is 12.3. The molecule has 3 atom stereocenters. The molecule has 2 saturated heterocycles. The second kappa shape index (κ2) is 9.76. The van der Waals surface area contributed by atoms with Crippen LogP contribution in [0.15, 0.2) is 24.3 Å². The van der Waals surface area contributed by atoms with Crippen LogP contribution in [0.1, 0.15) is 38.2 Å². The highest BCUT2D eigenvalue weighted by Crippen LogP contribution is 2.30. The molecule has 7 nitrogen and oxygen atoms in total. The van der Waals surface area contributed by atoms with Gasteiger partial charge in [0.1, 0.15) is 5.75 Å². The summed E-state index contributed by atoms with van der Waals surface area (Å²) in [4.78, 5) is 16.7. The molecule has 0 aliphatic carbocycles. The fourth-order valence-electron chi connectivity index (χ4n) is 4.11. The predicted molar refractivity (Wildman–Crippen MR) is 108 cm³/mol. The third kappa shape index (κ3) is 5.15. The number of hydrogen-bond donors (Lipinski definition) is 2. The average molecular weight is 386 g/mol. The lowest BCUT2D eigenvalue weighted by Crippen LogP contribution is -2.59. The number of fused-ring (bicyclic) bond motifs is 2. The van der Waals surface area contributed by atoms with E-state index in [1.165, 1.54) is 0 Å². The molecule has 3 unspecified atom stereocenters. The van der Waals surface area contributed by atoms with Gasteiger partial charge in [0.05, 0.1) is 18.2 Å². The van der Waals surface area contributed by atoms with Gasteiger partial charge in [-0.15, -0.1) is 0 Å². The van der Waals surface area contributed by atoms with Gasteiger partial charge in [-0.2, -0.15) is 5.26 Å². The monoisotopic (exact) mass is 385 g/mol. The Labute approximate surface area is 167 Å². The van der Waals surface area contributed by atoms with E-state index in [1.807, 2.05) is 17.0 Å². The summed E-state index contributed by atoms with van der Waals surface area (Å²) in [5.74, 6) is 0.762. The van der Waals surface area contributed by atoms with Crippen molar-refractivity contribution in [3.05, 3.63) is 29.8 Å². The first kappa shape index (κ1) is 20.4. The van der Waals surface area contributed by atoms with Gasteiger partial charge in [0.15, 0.2) is 0 Å². The van der Waals surface area contributed by atoms with Crippen LogP contribution in [0.3, 0.4) is 0 Å². The van der Waals surface area contributed by atoms with Crippen LogP contribution in [0.4, 0.5) is 4.79 Å². The van der Waals surface area contributed by atoms with Gasteiger partial charge in [0.2, 0.25) is 0 Å². The number of amides is 2. The van der Waals surface area contributed by atoms with Crippen LogP contribution >= 0.6 is 0 Å². The second-order valence-electron chi connectivity index (χ2n) is 7.75. The summed E-state index contributed by atoms with van der Waals surface area (Å²) in [5, 5.41) is 11.8. The Kier molecular flexibility index (Phi) is 7.12. The van der Waals surface area contributed by atoms with Gasteiger partial charge < -0.3 is 20.7 Å². The molecule has 152 valence electrons. The van der Waals surface area contributed by atoms with Gasteiger partial charge in [-0.05, 0) is 49.9 Å². The number of carbonyl (C=O) groups is 1. The van der Waals surface area contributed by atoms with Gasteiger partial charge in [-0.3, -0.25) is 4.90 Å². The van der Waals surface area contributed by atoms with E-state index in [-0.39, 0.29) is 12.1 Å². The maximum Gasteiger partial charge on any atom is 0.317 e. The molecule has 2 aliphatic heterocycles. The topological polar surface area (TPSA) is 94.6 Å². The molecule has 2 aliphatic rings. The molecule has 2 heterocycles. The molecule has 2 bridgehead atoms. The average Bonchev–Trinajstić information content (AvgIpc) is 2.93. The second-order valence-corrected chi connectivity index (χ2v) is 7.75. The standard InChI is InChI=1S/C21H31N5O2/c1-2-10-24-21(27)25-14-18-5-6-19(15-25)26(18)13-17(23)9-11-28-20-7-3-16(12-22)4-8-20/h3-4,7-8,17-19H,2,5-6,9-11,13-15,23H2,1H3,(H,24,27). The summed E-state index contributed by atoms with van der Waals surface area (Å²) in [6.07, 6.45) is 4.00. The summed E-state index contributed by atoms with van der Waals surface area (Å²) >= 11 is 0. The van der Waals surface area contributed by atoms with Crippen molar-refractivity contribution in [3.8, 4) is 11.8 Å². The number of nitrogens with one attached hydrogen (secondary N) is 1. The normalized spacial score (nSPS) is 22.5. The molecule has 7 heteroatoms. The Morgan fingerprint density at radius 3 is 2.61 bits per heavy atom. The number of piperazine rings is 1. The number of hydrogen-bond acceptors (Lipinski definition) is 5. The van der Waals surface area contributed by atoms with Crippen molar-refractivity contribution >= 4 is 6.03 Å². The van der Waals surface area contributed by atoms with Crippen molar-refractivity contribution in [1.82, 2.24) is 15.1 Å². The number of rotatable bonds is 8. The number of likely N-dealkylation sites (tertiary alicyclic amines) is 1. The first-order chi connectivity index (χ1) is 13.6. The summed E-state index contributed by atoms with van der Waals surface area (Å²) in [7, 11) is 0. The third-order valence-corrected chi connectivity index (χ3v) is 5.63. The highest BCUT2D eigenvalue weighted by atomic mass is 16.5. The molecular weight excluding hydrogens is 354 g/mol. The fourth-order valence-corrected chi connectivity index (χ4v) is 4.11. The molecule has 0 aromatic heterocycles. The van der Waals surface area contributed by atoms with Crippen LogP contribution in [-0.4, -0.2) is 66.7 Å². The molecule has 28 heavy (non-hydrogen) atoms. The quantitative estimate of drug-likeness (QED) is 0.713. The number of ether oxygens (including phenoxy) is 1. The van der Waals surface area contributed by atoms with E-state index in [0.717, 1.165) is 57.6 Å². The Morgan fingerprint density at radius 1 is 1.32 bits per heavy atom. The molecule has 1 aromatic carbocycles. The Balaban J connectivity index is 1.41. The maximum absolute atomic E-state index is 12.3. The molecule has 0 radical (unpaired) electrons. The number of nitriles is 1. The zero-order chi connectivity index (χ0) is 19.9. The predicted octanol–water partition coefficient (Wildman–Crippen LogP) is 1.92. The van der Waals surface area contributed by atoms with Crippen molar-refractivity contribution in [2.75, 3.05) is 32.8 Å². The number of benzene rings is 1. The lowest BCUT2D eigenvalue weighted by atomic mass is 10.1. The van der Waals surface area contributed by atoms with Crippen molar-refractivity contribution in [3.63, 3.8) is 0 Å². The SMILES string of the molecule is CCCNC(=O)N1CC2CCC(C1)N2CC(N)CCOc1ccc(C#N)cc1. The Hall–Kier alpha value is -2.30. The van der Waals surface area contributed by atoms with E-state index in [2.05, 4.69) is 23.2 Å². The van der Waals surface area contributed by atoms with Crippen LogP contribution in [0.25, 0.3) is 0 Å². The van der Waals surface area contributed by atoms with Crippen molar-refractivity contribution < 1.29 is 9.53 Å². The zero-order valence-electron chi connectivity index (χ0n) is 16.6. The van der Waals surface area contributed by atoms with Gasteiger partial charge in [-0.1, -0.05) is 6.92 Å². The van der Waals surface area contributed by atoms with Gasteiger partial charge >= 0.3 is 6.03 Å².